The second-order valence-electron chi connectivity index (χ2n) is 5.96. The number of carbonyl (C=O) groups excluding carboxylic acids is 1. The van der Waals surface area contributed by atoms with Crippen molar-refractivity contribution in [2.75, 3.05) is 12.3 Å². The highest BCUT2D eigenvalue weighted by Gasteiger charge is 2.30. The second kappa shape index (κ2) is 8.35. The minimum Gasteiger partial charge on any atom is -0.445 e. The summed E-state index contributed by atoms with van der Waals surface area (Å²) in [6.07, 6.45) is 1.67. The number of carbonyl (C=O) groups is 1. The van der Waals surface area contributed by atoms with E-state index in [1.54, 1.807) is 21.2 Å². The van der Waals surface area contributed by atoms with E-state index in [2.05, 4.69) is 10.2 Å². The van der Waals surface area contributed by atoms with E-state index in [1.807, 2.05) is 37.4 Å². The number of likely N-dealkylation sites (tertiary alicyclic amines) is 1. The van der Waals surface area contributed by atoms with Crippen LogP contribution in [-0.2, 0) is 25.0 Å². The van der Waals surface area contributed by atoms with Crippen LogP contribution in [0.15, 0.2) is 35.5 Å². The molecule has 2 aromatic rings. The number of nitrogens with zero attached hydrogens (tertiary/aromatic N) is 4. The molecule has 0 aliphatic carbocycles. The third-order valence-electron chi connectivity index (χ3n) is 4.29. The van der Waals surface area contributed by atoms with Gasteiger partial charge in [-0.05, 0) is 18.4 Å². The van der Waals surface area contributed by atoms with Crippen molar-refractivity contribution in [3.05, 3.63) is 41.7 Å². The summed E-state index contributed by atoms with van der Waals surface area (Å²) in [7, 11) is 1.83. The number of thioether (sulfide) groups is 1. The van der Waals surface area contributed by atoms with Crippen LogP contribution in [0.2, 0.25) is 0 Å². The van der Waals surface area contributed by atoms with Gasteiger partial charge in [0.05, 0.1) is 0 Å². The van der Waals surface area contributed by atoms with Gasteiger partial charge in [-0.3, -0.25) is 0 Å². The van der Waals surface area contributed by atoms with Crippen molar-refractivity contribution in [2.24, 2.45) is 7.05 Å². The normalized spacial score (nSPS) is 17.0. The number of ether oxygens (including phenoxy) is 1. The third kappa shape index (κ3) is 4.32. The molecule has 0 unspecified atom stereocenters. The van der Waals surface area contributed by atoms with Crippen LogP contribution in [-0.4, -0.2) is 49.2 Å². The van der Waals surface area contributed by atoms with E-state index >= 15 is 0 Å². The molecule has 1 atom stereocenters. The average Bonchev–Trinajstić information content (AvgIpc) is 3.25. The summed E-state index contributed by atoms with van der Waals surface area (Å²) < 4.78 is 7.23. The molecule has 1 aromatic carbocycles. The lowest BCUT2D eigenvalue weighted by atomic mass is 10.2. The predicted octanol–water partition coefficient (Wildman–Crippen LogP) is 2.20. The topological polar surface area (TPSA) is 80.5 Å². The summed E-state index contributed by atoms with van der Waals surface area (Å²) in [5.41, 5.74) is 0.983. The van der Waals surface area contributed by atoms with Crippen LogP contribution in [0.1, 0.15) is 24.2 Å². The lowest BCUT2D eigenvalue weighted by Gasteiger charge is -2.23. The number of hydrogen-bond donors (Lipinski definition) is 1. The number of amides is 1. The van der Waals surface area contributed by atoms with E-state index in [0.717, 1.165) is 35.9 Å². The van der Waals surface area contributed by atoms with Crippen molar-refractivity contribution in [3.8, 4) is 0 Å². The highest BCUT2D eigenvalue weighted by atomic mass is 32.2. The number of rotatable bonds is 6. The van der Waals surface area contributed by atoms with Crippen molar-refractivity contribution in [1.29, 1.82) is 0 Å². The van der Waals surface area contributed by atoms with Crippen molar-refractivity contribution in [2.45, 2.75) is 37.3 Å². The van der Waals surface area contributed by atoms with Gasteiger partial charge in [-0.1, -0.05) is 42.1 Å². The average molecular weight is 362 g/mol. The molecule has 0 spiro atoms. The van der Waals surface area contributed by atoms with Crippen LogP contribution in [0.25, 0.3) is 0 Å². The molecule has 1 amide bonds. The van der Waals surface area contributed by atoms with Gasteiger partial charge < -0.3 is 19.3 Å². The Morgan fingerprint density at radius 1 is 1.36 bits per heavy atom. The summed E-state index contributed by atoms with van der Waals surface area (Å²) in [4.78, 5) is 14.2. The van der Waals surface area contributed by atoms with Crippen molar-refractivity contribution in [1.82, 2.24) is 19.7 Å². The van der Waals surface area contributed by atoms with Gasteiger partial charge in [0.15, 0.2) is 11.0 Å². The van der Waals surface area contributed by atoms with Crippen molar-refractivity contribution in [3.63, 3.8) is 0 Å². The van der Waals surface area contributed by atoms with Gasteiger partial charge in [-0.2, -0.15) is 0 Å². The minimum absolute atomic E-state index is 0.127. The number of aliphatic hydroxyl groups is 1. The van der Waals surface area contributed by atoms with Crippen LogP contribution in [0, 0.1) is 0 Å². The minimum atomic E-state index is -0.263. The van der Waals surface area contributed by atoms with E-state index in [-0.39, 0.29) is 18.7 Å². The van der Waals surface area contributed by atoms with E-state index in [9.17, 15) is 9.90 Å². The molecule has 1 aliphatic rings. The van der Waals surface area contributed by atoms with Crippen LogP contribution >= 0.6 is 11.8 Å². The smallest absolute Gasteiger partial charge is 0.410 e. The monoisotopic (exact) mass is 362 g/mol. The van der Waals surface area contributed by atoms with Gasteiger partial charge >= 0.3 is 6.09 Å². The van der Waals surface area contributed by atoms with Crippen LogP contribution in [0.4, 0.5) is 4.79 Å². The highest BCUT2D eigenvalue weighted by Crippen LogP contribution is 2.25. The largest absolute Gasteiger partial charge is 0.445 e. The fourth-order valence-corrected chi connectivity index (χ4v) is 3.92. The molecule has 0 saturated carbocycles. The van der Waals surface area contributed by atoms with Crippen LogP contribution in [0.3, 0.4) is 0 Å². The molecular weight excluding hydrogens is 340 g/mol. The fraction of sp³-hybridized carbons (Fsp3) is 0.471. The van der Waals surface area contributed by atoms with Gasteiger partial charge in [0.25, 0.3) is 0 Å². The molecule has 1 fully saturated rings. The van der Waals surface area contributed by atoms with E-state index in [4.69, 9.17) is 4.74 Å². The summed E-state index contributed by atoms with van der Waals surface area (Å²) in [5.74, 6) is 1.27. The molecular formula is C17H22N4O3S. The third-order valence-corrected chi connectivity index (χ3v) is 5.45. The Hall–Kier alpha value is -2.06. The quantitative estimate of drug-likeness (QED) is 0.794. The summed E-state index contributed by atoms with van der Waals surface area (Å²) >= 11 is 1.54. The number of aromatic nitrogens is 3. The van der Waals surface area contributed by atoms with Gasteiger partial charge in [-0.15, -0.1) is 10.2 Å². The first-order valence-corrected chi connectivity index (χ1v) is 9.27. The zero-order chi connectivity index (χ0) is 17.6. The SMILES string of the molecule is Cn1c(CO)nnc1SC[C@@H]1CCCN1C(=O)OCc1ccccc1. The maximum atomic E-state index is 12.4. The standard InChI is InChI=1S/C17H22N4O3S/c1-20-15(10-22)18-19-16(20)25-12-14-8-5-9-21(14)17(23)24-11-13-6-3-2-4-7-13/h2-4,6-7,14,22H,5,8-12H2,1H3/t14-/m0/s1. The molecule has 134 valence electrons. The van der Waals surface area contributed by atoms with Crippen molar-refractivity contribution >= 4 is 17.9 Å². The first kappa shape index (κ1) is 17.8. The van der Waals surface area contributed by atoms with Gasteiger partial charge in [0, 0.05) is 25.4 Å². The lowest BCUT2D eigenvalue weighted by molar-refractivity contribution is 0.0950. The Kier molecular flexibility index (Phi) is 5.93. The maximum absolute atomic E-state index is 12.4. The number of hydrogen-bond acceptors (Lipinski definition) is 6. The highest BCUT2D eigenvalue weighted by molar-refractivity contribution is 7.99. The zero-order valence-electron chi connectivity index (χ0n) is 14.2. The van der Waals surface area contributed by atoms with Gasteiger partial charge in [0.2, 0.25) is 0 Å². The number of aliphatic hydroxyl groups excluding tert-OH is 1. The van der Waals surface area contributed by atoms with E-state index in [1.165, 1.54) is 0 Å². The summed E-state index contributed by atoms with van der Waals surface area (Å²) in [6, 6.07) is 9.81. The fourth-order valence-electron chi connectivity index (χ4n) is 2.83. The first-order valence-electron chi connectivity index (χ1n) is 8.28. The summed E-state index contributed by atoms with van der Waals surface area (Å²) in [6.45, 7) is 0.879. The van der Waals surface area contributed by atoms with Crippen LogP contribution in [0.5, 0.6) is 0 Å². The Labute approximate surface area is 151 Å². The Bertz CT molecular complexity index is 707. The zero-order valence-corrected chi connectivity index (χ0v) is 15.0. The molecule has 2 heterocycles. The Morgan fingerprint density at radius 2 is 2.16 bits per heavy atom. The predicted molar refractivity (Wildman–Crippen MR) is 94.0 cm³/mol. The van der Waals surface area contributed by atoms with Gasteiger partial charge in [-0.25, -0.2) is 4.79 Å². The van der Waals surface area contributed by atoms with Crippen molar-refractivity contribution < 1.29 is 14.6 Å². The molecule has 8 heteroatoms. The molecule has 3 rings (SSSR count). The number of benzene rings is 1. The molecule has 1 N–H and O–H groups in total. The molecule has 7 nitrogen and oxygen atoms in total. The molecule has 1 aliphatic heterocycles. The molecule has 1 saturated heterocycles. The molecule has 0 radical (unpaired) electrons. The first-order chi connectivity index (χ1) is 12.2. The Morgan fingerprint density at radius 3 is 2.88 bits per heavy atom. The second-order valence-corrected chi connectivity index (χ2v) is 6.94. The molecule has 1 aromatic heterocycles. The molecule has 0 bridgehead atoms. The van der Waals surface area contributed by atoms with Gasteiger partial charge in [0.1, 0.15) is 13.2 Å². The Balaban J connectivity index is 1.53. The maximum Gasteiger partial charge on any atom is 0.410 e. The summed E-state index contributed by atoms with van der Waals surface area (Å²) in [5, 5.41) is 17.9. The van der Waals surface area contributed by atoms with E-state index in [0.29, 0.717) is 12.4 Å². The molecule has 25 heavy (non-hydrogen) atoms. The van der Waals surface area contributed by atoms with E-state index < -0.39 is 0 Å². The lowest BCUT2D eigenvalue weighted by Crippen LogP contribution is -2.37. The van der Waals surface area contributed by atoms with Crippen LogP contribution < -0.4 is 0 Å².